The maximum Gasteiger partial charge on any atom is 0.460 e. The highest BCUT2D eigenvalue weighted by Crippen LogP contribution is 2.63. The van der Waals surface area contributed by atoms with Crippen LogP contribution in [0, 0.1) is 0 Å². The maximum absolute atomic E-state index is 13.8. The van der Waals surface area contributed by atoms with Crippen molar-refractivity contribution in [3.63, 3.8) is 0 Å². The highest BCUT2D eigenvalue weighted by atomic mass is 19.4. The van der Waals surface area contributed by atoms with Crippen LogP contribution in [0.4, 0.5) is 85.1 Å². The number of ether oxygens (including phenoxy) is 2. The number of alkyl halides is 15. The number of rotatable bonds is 10. The van der Waals surface area contributed by atoms with Crippen LogP contribution in [0.2, 0.25) is 0 Å². The Bertz CT molecular complexity index is 1080. The molecule has 224 valence electrons. The topological polar surface area (TPSA) is 47.6 Å². The second kappa shape index (κ2) is 10.4. The number of carbonyl (C=O) groups is 1. The summed E-state index contributed by atoms with van der Waals surface area (Å²) in [4.78, 5) is 11.3. The van der Waals surface area contributed by atoms with Gasteiger partial charge in [-0.05, 0) is 19.1 Å². The van der Waals surface area contributed by atoms with Crippen molar-refractivity contribution in [3.05, 3.63) is 36.1 Å². The predicted molar refractivity (Wildman–Crippen MR) is 92.7 cm³/mol. The summed E-state index contributed by atoms with van der Waals surface area (Å²) in [6.07, 6.45) is -9.01. The molecule has 0 bridgehead atoms. The summed E-state index contributed by atoms with van der Waals surface area (Å²) in [5.41, 5.74) is -0.449. The molecule has 1 amide bonds. The fourth-order valence-corrected chi connectivity index (χ4v) is 2.30. The lowest BCUT2D eigenvalue weighted by Gasteiger charge is -2.41. The second-order valence-electron chi connectivity index (χ2n) is 7.01. The van der Waals surface area contributed by atoms with Crippen LogP contribution in [0.15, 0.2) is 36.1 Å². The normalized spacial score (nSPS) is 15.0. The average molecular weight is 611 g/mol. The van der Waals surface area contributed by atoms with Gasteiger partial charge >= 0.3 is 53.8 Å². The Hall–Kier alpha value is -3.16. The predicted octanol–water partition coefficient (Wildman–Crippen LogP) is 8.12. The van der Waals surface area contributed by atoms with Gasteiger partial charge in [-0.1, -0.05) is 6.07 Å². The highest BCUT2D eigenvalue weighted by molar-refractivity contribution is 5.84. The van der Waals surface area contributed by atoms with Crippen molar-refractivity contribution >= 4 is 11.8 Å². The van der Waals surface area contributed by atoms with E-state index in [9.17, 15) is 79.4 Å². The van der Waals surface area contributed by atoms with Gasteiger partial charge in [0, 0.05) is 11.8 Å². The van der Waals surface area contributed by atoms with Crippen LogP contribution in [0.3, 0.4) is 0 Å². The molecule has 39 heavy (non-hydrogen) atoms. The zero-order valence-electron chi connectivity index (χ0n) is 18.2. The van der Waals surface area contributed by atoms with Gasteiger partial charge in [0.1, 0.15) is 5.75 Å². The standard InChI is InChI=1S/C18H10F17NO3/c1-2-38-11(37)36-7-4-3-5-8(6-7)39-10(20)9(19)12(21,22)13(23,24)14(25,26)15(27,28)16(29,30)17(31,32)18(33,34)35/h3-6H,2H2,1H3,(H,36,37). The summed E-state index contributed by atoms with van der Waals surface area (Å²) in [5, 5.41) is 1.88. The first kappa shape index (κ1) is 33.9. The van der Waals surface area contributed by atoms with Crippen LogP contribution >= 0.6 is 0 Å². The summed E-state index contributed by atoms with van der Waals surface area (Å²) in [6.45, 7) is 1.14. The summed E-state index contributed by atoms with van der Waals surface area (Å²) >= 11 is 0. The van der Waals surface area contributed by atoms with E-state index in [4.69, 9.17) is 0 Å². The molecular weight excluding hydrogens is 601 g/mol. The van der Waals surface area contributed by atoms with Crippen LogP contribution in [-0.2, 0) is 4.74 Å². The van der Waals surface area contributed by atoms with Crippen molar-refractivity contribution in [2.75, 3.05) is 11.9 Å². The summed E-state index contributed by atoms with van der Waals surface area (Å²) < 4.78 is 233. The molecule has 0 aliphatic heterocycles. The highest BCUT2D eigenvalue weighted by Gasteiger charge is 2.93. The summed E-state index contributed by atoms with van der Waals surface area (Å²) in [6, 6.07) is -0.930. The third-order valence-corrected chi connectivity index (χ3v) is 4.34. The molecule has 1 rings (SSSR count). The van der Waals surface area contributed by atoms with Crippen molar-refractivity contribution in [1.82, 2.24) is 0 Å². The molecule has 0 aromatic heterocycles. The van der Waals surface area contributed by atoms with Crippen LogP contribution in [0.25, 0.3) is 0 Å². The lowest BCUT2D eigenvalue weighted by Crippen LogP contribution is -2.72. The Balaban J connectivity index is 3.49. The second-order valence-corrected chi connectivity index (χ2v) is 7.01. The fraction of sp³-hybridized carbons (Fsp3) is 0.500. The van der Waals surface area contributed by atoms with Crippen molar-refractivity contribution in [2.24, 2.45) is 0 Å². The van der Waals surface area contributed by atoms with Gasteiger partial charge in [0.15, 0.2) is 0 Å². The molecule has 1 N–H and O–H groups in total. The Morgan fingerprint density at radius 3 is 1.67 bits per heavy atom. The fourth-order valence-electron chi connectivity index (χ4n) is 2.30. The third-order valence-electron chi connectivity index (χ3n) is 4.34. The van der Waals surface area contributed by atoms with Gasteiger partial charge in [-0.25, -0.2) is 4.79 Å². The number of nitrogens with one attached hydrogen (secondary N) is 1. The Morgan fingerprint density at radius 2 is 1.21 bits per heavy atom. The monoisotopic (exact) mass is 611 g/mol. The SMILES string of the molecule is CCOC(=O)Nc1cccc(OC(F)=C(F)C(F)(F)C(F)(F)C(F)(F)C(F)(F)C(F)(F)C(F)(F)C(F)(F)F)c1. The molecule has 0 atom stereocenters. The molecule has 0 aliphatic carbocycles. The first-order valence-electron chi connectivity index (χ1n) is 9.35. The van der Waals surface area contributed by atoms with E-state index in [1.165, 1.54) is 6.92 Å². The molecule has 0 aliphatic rings. The van der Waals surface area contributed by atoms with Gasteiger partial charge < -0.3 is 9.47 Å². The van der Waals surface area contributed by atoms with E-state index in [2.05, 4.69) is 9.47 Å². The van der Waals surface area contributed by atoms with Gasteiger partial charge in [0.05, 0.1) is 6.61 Å². The van der Waals surface area contributed by atoms with E-state index >= 15 is 0 Å². The van der Waals surface area contributed by atoms with Crippen LogP contribution < -0.4 is 10.1 Å². The molecule has 4 nitrogen and oxygen atoms in total. The summed E-state index contributed by atoms with van der Waals surface area (Å²) in [5.74, 6) is -55.7. The average Bonchev–Trinajstić information content (AvgIpc) is 2.77. The van der Waals surface area contributed by atoms with E-state index in [1.807, 2.05) is 5.32 Å². The number of hydrogen-bond donors (Lipinski definition) is 1. The van der Waals surface area contributed by atoms with Crippen molar-refractivity contribution in [2.45, 2.75) is 48.6 Å². The van der Waals surface area contributed by atoms with Gasteiger partial charge in [-0.15, -0.1) is 0 Å². The Labute approximate surface area is 204 Å². The molecule has 0 fully saturated rings. The molecule has 1 aromatic carbocycles. The number of anilines is 1. The number of benzene rings is 1. The third kappa shape index (κ3) is 5.61. The molecule has 0 heterocycles. The molecule has 0 saturated heterocycles. The van der Waals surface area contributed by atoms with Gasteiger partial charge in [-0.2, -0.15) is 74.6 Å². The number of allylic oxidation sites excluding steroid dienone is 1. The first-order valence-corrected chi connectivity index (χ1v) is 9.35. The summed E-state index contributed by atoms with van der Waals surface area (Å²) in [7, 11) is 0. The lowest BCUT2D eigenvalue weighted by atomic mass is 9.91. The number of hydrogen-bond acceptors (Lipinski definition) is 3. The van der Waals surface area contributed by atoms with E-state index < -0.39 is 71.1 Å². The molecule has 21 heteroatoms. The zero-order valence-corrected chi connectivity index (χ0v) is 18.2. The van der Waals surface area contributed by atoms with Crippen molar-refractivity contribution in [3.8, 4) is 5.75 Å². The van der Waals surface area contributed by atoms with Crippen molar-refractivity contribution < 1.29 is 88.9 Å². The van der Waals surface area contributed by atoms with Crippen LogP contribution in [0.1, 0.15) is 6.92 Å². The number of halogens is 17. The Kier molecular flexibility index (Phi) is 9.06. The Morgan fingerprint density at radius 1 is 0.744 bits per heavy atom. The van der Waals surface area contributed by atoms with Gasteiger partial charge in [0.2, 0.25) is 5.83 Å². The molecular formula is C18H10F17NO3. The minimum Gasteiger partial charge on any atom is -0.450 e. The van der Waals surface area contributed by atoms with Gasteiger partial charge in [-0.3, -0.25) is 5.32 Å². The maximum atomic E-state index is 13.8. The number of carbonyl (C=O) groups excluding carboxylic acids is 1. The van der Waals surface area contributed by atoms with Gasteiger partial charge in [0.25, 0.3) is 0 Å². The molecule has 0 saturated carbocycles. The minimum atomic E-state index is -8.67. The molecule has 1 aromatic rings. The van der Waals surface area contributed by atoms with Crippen LogP contribution in [-0.4, -0.2) is 54.4 Å². The quantitative estimate of drug-likeness (QED) is 0.215. The van der Waals surface area contributed by atoms with E-state index in [0.717, 1.165) is 12.1 Å². The lowest BCUT2D eigenvalue weighted by molar-refractivity contribution is -0.451. The minimum absolute atomic E-state index is 0.197. The van der Waals surface area contributed by atoms with Crippen LogP contribution in [0.5, 0.6) is 5.75 Å². The molecule has 0 unspecified atom stereocenters. The van der Waals surface area contributed by atoms with Crippen molar-refractivity contribution in [1.29, 1.82) is 0 Å². The number of amides is 1. The van der Waals surface area contributed by atoms with E-state index in [1.54, 1.807) is 0 Å². The van der Waals surface area contributed by atoms with E-state index in [-0.39, 0.29) is 6.61 Å². The zero-order chi connectivity index (χ0) is 31.0. The first-order chi connectivity index (χ1) is 17.2. The molecule has 0 spiro atoms. The molecule has 0 radical (unpaired) electrons. The van der Waals surface area contributed by atoms with E-state index in [0.29, 0.717) is 12.1 Å². The smallest absolute Gasteiger partial charge is 0.450 e. The largest absolute Gasteiger partial charge is 0.460 e.